The first-order chi connectivity index (χ1) is 6.37. The number of para-hydroxylation sites is 1. The molecule has 4 N–H and O–H groups in total. The van der Waals surface area contributed by atoms with Gasteiger partial charge in [0.1, 0.15) is 11.3 Å². The Morgan fingerprint density at radius 3 is 2.64 bits per heavy atom. The third kappa shape index (κ3) is 1.66. The number of rotatable bonds is 2. The van der Waals surface area contributed by atoms with Gasteiger partial charge in [0.25, 0.3) is 0 Å². The monoisotopic (exact) mass is 215 g/mol. The Balaban J connectivity index is 3.33. The van der Waals surface area contributed by atoms with Crippen LogP contribution in [0.5, 0.6) is 5.75 Å². The number of carbonyl (C=O) groups is 1. The molecule has 0 amide bonds. The van der Waals surface area contributed by atoms with E-state index < -0.39 is 11.5 Å². The molecule has 14 heavy (non-hydrogen) atoms. The largest absolute Gasteiger partial charge is 0.506 e. The van der Waals surface area contributed by atoms with Gasteiger partial charge >= 0.3 is 5.97 Å². The molecule has 0 heterocycles. The summed E-state index contributed by atoms with van der Waals surface area (Å²) in [7, 11) is 0. The van der Waals surface area contributed by atoms with Gasteiger partial charge < -0.3 is 15.9 Å². The molecule has 0 fully saturated rings. The number of hydrogen-bond donors (Lipinski definition) is 3. The van der Waals surface area contributed by atoms with E-state index in [0.29, 0.717) is 0 Å². The summed E-state index contributed by atoms with van der Waals surface area (Å²) in [5.41, 5.74) is 3.98. The summed E-state index contributed by atoms with van der Waals surface area (Å²) < 4.78 is 0. The van der Waals surface area contributed by atoms with E-state index >= 15 is 0 Å². The van der Waals surface area contributed by atoms with Crippen LogP contribution in [0.4, 0.5) is 0 Å². The summed E-state index contributed by atoms with van der Waals surface area (Å²) in [6.45, 7) is 1.29. The maximum Gasteiger partial charge on any atom is 0.328 e. The summed E-state index contributed by atoms with van der Waals surface area (Å²) in [5, 5.41) is 18.4. The molecule has 5 heteroatoms. The molecule has 1 aromatic carbocycles. The van der Waals surface area contributed by atoms with E-state index in [1.165, 1.54) is 25.1 Å². The van der Waals surface area contributed by atoms with Gasteiger partial charge in [-0.2, -0.15) is 0 Å². The Bertz CT molecular complexity index is 376. The molecule has 0 radical (unpaired) electrons. The average molecular weight is 216 g/mol. The first kappa shape index (κ1) is 10.8. The van der Waals surface area contributed by atoms with Gasteiger partial charge in [-0.15, -0.1) is 0 Å². The van der Waals surface area contributed by atoms with E-state index in [9.17, 15) is 9.90 Å². The number of benzene rings is 1. The van der Waals surface area contributed by atoms with Crippen LogP contribution in [0.1, 0.15) is 12.5 Å². The minimum Gasteiger partial charge on any atom is -0.506 e. The van der Waals surface area contributed by atoms with E-state index in [4.69, 9.17) is 22.4 Å². The first-order valence-electron chi connectivity index (χ1n) is 3.87. The van der Waals surface area contributed by atoms with Crippen LogP contribution in [-0.2, 0) is 10.3 Å². The molecule has 0 aromatic heterocycles. The highest BCUT2D eigenvalue weighted by molar-refractivity contribution is 6.32. The smallest absolute Gasteiger partial charge is 0.328 e. The van der Waals surface area contributed by atoms with Crippen molar-refractivity contribution >= 4 is 17.6 Å². The van der Waals surface area contributed by atoms with Crippen molar-refractivity contribution in [1.29, 1.82) is 0 Å². The summed E-state index contributed by atoms with van der Waals surface area (Å²) >= 11 is 5.63. The van der Waals surface area contributed by atoms with Crippen molar-refractivity contribution < 1.29 is 15.0 Å². The standard InChI is InChI=1S/C9H10ClNO3/c1-9(11,8(13)14)5-3-2-4-6(10)7(5)12/h2-4,12H,11H2,1H3,(H,13,14). The molecule has 0 spiro atoms. The van der Waals surface area contributed by atoms with Crippen molar-refractivity contribution in [3.8, 4) is 5.75 Å². The van der Waals surface area contributed by atoms with Gasteiger partial charge in [0.05, 0.1) is 5.02 Å². The van der Waals surface area contributed by atoms with E-state index in [2.05, 4.69) is 0 Å². The highest BCUT2D eigenvalue weighted by atomic mass is 35.5. The first-order valence-corrected chi connectivity index (χ1v) is 4.25. The van der Waals surface area contributed by atoms with Gasteiger partial charge in [0, 0.05) is 5.56 Å². The normalized spacial score (nSPS) is 14.8. The lowest BCUT2D eigenvalue weighted by Gasteiger charge is -2.20. The molecule has 0 aliphatic carbocycles. The van der Waals surface area contributed by atoms with Crippen LogP contribution in [0.25, 0.3) is 0 Å². The zero-order valence-electron chi connectivity index (χ0n) is 7.49. The van der Waals surface area contributed by atoms with Crippen molar-refractivity contribution in [2.75, 3.05) is 0 Å². The van der Waals surface area contributed by atoms with Crippen molar-refractivity contribution in [2.45, 2.75) is 12.5 Å². The fourth-order valence-electron chi connectivity index (χ4n) is 1.05. The molecule has 0 saturated heterocycles. The van der Waals surface area contributed by atoms with Crippen LogP contribution in [-0.4, -0.2) is 16.2 Å². The zero-order valence-corrected chi connectivity index (χ0v) is 8.25. The van der Waals surface area contributed by atoms with E-state index in [-0.39, 0.29) is 16.3 Å². The Morgan fingerprint density at radius 1 is 1.57 bits per heavy atom. The second-order valence-corrected chi connectivity index (χ2v) is 3.55. The molecule has 1 aromatic rings. The number of nitrogens with two attached hydrogens (primary N) is 1. The summed E-state index contributed by atoms with van der Waals surface area (Å²) in [6, 6.07) is 4.42. The van der Waals surface area contributed by atoms with E-state index in [1.54, 1.807) is 0 Å². The van der Waals surface area contributed by atoms with Gasteiger partial charge in [0.15, 0.2) is 0 Å². The van der Waals surface area contributed by atoms with Gasteiger partial charge in [-0.3, -0.25) is 0 Å². The molecular formula is C9H10ClNO3. The van der Waals surface area contributed by atoms with Crippen LogP contribution in [0.2, 0.25) is 5.02 Å². The lowest BCUT2D eigenvalue weighted by atomic mass is 9.92. The third-order valence-electron chi connectivity index (χ3n) is 1.99. The number of aromatic hydroxyl groups is 1. The number of aliphatic carboxylic acids is 1. The lowest BCUT2D eigenvalue weighted by molar-refractivity contribution is -0.143. The molecule has 0 aliphatic rings. The minimum atomic E-state index is -1.64. The van der Waals surface area contributed by atoms with E-state index in [1.807, 2.05) is 0 Å². The third-order valence-corrected chi connectivity index (χ3v) is 2.30. The fourth-order valence-corrected chi connectivity index (χ4v) is 1.22. The molecule has 76 valence electrons. The fraction of sp³-hybridized carbons (Fsp3) is 0.222. The zero-order chi connectivity index (χ0) is 10.9. The Labute approximate surface area is 85.9 Å². The van der Waals surface area contributed by atoms with Gasteiger partial charge in [-0.25, -0.2) is 4.79 Å². The highest BCUT2D eigenvalue weighted by Gasteiger charge is 2.33. The quantitative estimate of drug-likeness (QED) is 0.695. The highest BCUT2D eigenvalue weighted by Crippen LogP contribution is 2.33. The van der Waals surface area contributed by atoms with Crippen molar-refractivity contribution in [1.82, 2.24) is 0 Å². The number of phenols is 1. The van der Waals surface area contributed by atoms with Gasteiger partial charge in [0.2, 0.25) is 0 Å². The summed E-state index contributed by atoms with van der Waals surface area (Å²) in [5.74, 6) is -1.52. The number of halogens is 1. The molecule has 0 bridgehead atoms. The molecular weight excluding hydrogens is 206 g/mol. The van der Waals surface area contributed by atoms with Crippen LogP contribution in [0.15, 0.2) is 18.2 Å². The number of hydrogen-bond acceptors (Lipinski definition) is 3. The lowest BCUT2D eigenvalue weighted by Crippen LogP contribution is -2.41. The number of phenolic OH excluding ortho intramolecular Hbond substituents is 1. The predicted octanol–water partition coefficient (Wildman–Crippen LogP) is 1.30. The Hall–Kier alpha value is -1.26. The van der Waals surface area contributed by atoms with Crippen molar-refractivity contribution in [2.24, 2.45) is 5.73 Å². The van der Waals surface area contributed by atoms with Crippen LogP contribution >= 0.6 is 11.6 Å². The molecule has 0 aliphatic heterocycles. The maximum atomic E-state index is 10.8. The van der Waals surface area contributed by atoms with Gasteiger partial charge in [-0.1, -0.05) is 23.7 Å². The SMILES string of the molecule is CC(N)(C(=O)O)c1cccc(Cl)c1O. The number of carboxylic acid groups (broad SMARTS) is 1. The van der Waals surface area contributed by atoms with Crippen molar-refractivity contribution in [3.05, 3.63) is 28.8 Å². The molecule has 4 nitrogen and oxygen atoms in total. The molecule has 1 atom stereocenters. The Morgan fingerprint density at radius 2 is 2.14 bits per heavy atom. The topological polar surface area (TPSA) is 83.6 Å². The van der Waals surface area contributed by atoms with Crippen molar-refractivity contribution in [3.63, 3.8) is 0 Å². The van der Waals surface area contributed by atoms with Crippen LogP contribution < -0.4 is 5.73 Å². The van der Waals surface area contributed by atoms with Crippen LogP contribution in [0.3, 0.4) is 0 Å². The van der Waals surface area contributed by atoms with Gasteiger partial charge in [-0.05, 0) is 13.0 Å². The Kier molecular flexibility index (Phi) is 2.69. The number of carboxylic acids is 1. The average Bonchev–Trinajstić information content (AvgIpc) is 2.09. The predicted molar refractivity (Wildman–Crippen MR) is 52.3 cm³/mol. The minimum absolute atomic E-state index is 0.0837. The molecule has 1 unspecified atom stereocenters. The van der Waals surface area contributed by atoms with E-state index in [0.717, 1.165) is 0 Å². The molecule has 0 saturated carbocycles. The summed E-state index contributed by atoms with van der Waals surface area (Å²) in [4.78, 5) is 10.8. The summed E-state index contributed by atoms with van der Waals surface area (Å²) in [6.07, 6.45) is 0. The second kappa shape index (κ2) is 3.48. The van der Waals surface area contributed by atoms with Crippen LogP contribution in [0, 0.1) is 0 Å². The maximum absolute atomic E-state index is 10.8. The molecule has 1 rings (SSSR count). The second-order valence-electron chi connectivity index (χ2n) is 3.14.